The highest BCUT2D eigenvalue weighted by Gasteiger charge is 2.38. The van der Waals surface area contributed by atoms with Crippen molar-refractivity contribution < 1.29 is 28.2 Å². The maximum atomic E-state index is 11.4. The number of hydrogen-bond donors (Lipinski definition) is 2. The molecular weight excluding hydrogens is 272 g/mol. The molecule has 1 fully saturated rings. The van der Waals surface area contributed by atoms with Gasteiger partial charge in [0.05, 0.1) is 11.5 Å². The molecule has 0 amide bonds. The second-order valence-electron chi connectivity index (χ2n) is 4.61. The first kappa shape index (κ1) is 13.8. The molecule has 1 aromatic rings. The lowest BCUT2D eigenvalue weighted by Crippen LogP contribution is -2.30. The zero-order valence-electron chi connectivity index (χ0n) is 10.2. The average molecular weight is 286 g/mol. The third-order valence-electron chi connectivity index (χ3n) is 2.92. The monoisotopic (exact) mass is 286 g/mol. The van der Waals surface area contributed by atoms with E-state index < -0.39 is 28.0 Å². The van der Waals surface area contributed by atoms with Gasteiger partial charge in [-0.15, -0.1) is 0 Å². The summed E-state index contributed by atoms with van der Waals surface area (Å²) < 4.78 is 28.1. The molecule has 7 heteroatoms. The Kier molecular flexibility index (Phi) is 3.51. The first-order valence-corrected chi connectivity index (χ1v) is 7.50. The molecule has 1 saturated heterocycles. The lowest BCUT2D eigenvalue weighted by molar-refractivity contribution is 0.0635. The Morgan fingerprint density at radius 1 is 1.37 bits per heavy atom. The van der Waals surface area contributed by atoms with E-state index in [1.807, 2.05) is 0 Å². The molecule has 0 spiro atoms. The number of aromatic carboxylic acids is 1. The van der Waals surface area contributed by atoms with Crippen molar-refractivity contribution in [2.75, 3.05) is 11.5 Å². The third-order valence-corrected chi connectivity index (χ3v) is 4.60. The number of rotatable bonds is 3. The maximum Gasteiger partial charge on any atom is 0.339 e. The van der Waals surface area contributed by atoms with Crippen molar-refractivity contribution >= 4 is 15.8 Å². The maximum absolute atomic E-state index is 11.4. The van der Waals surface area contributed by atoms with Gasteiger partial charge < -0.3 is 14.9 Å². The molecule has 19 heavy (non-hydrogen) atoms. The number of carboxylic acids is 1. The normalized spacial score (nSPS) is 25.2. The van der Waals surface area contributed by atoms with Crippen LogP contribution in [-0.2, 0) is 9.84 Å². The van der Waals surface area contributed by atoms with E-state index in [2.05, 4.69) is 0 Å². The number of aliphatic hydroxyl groups excluding tert-OH is 1. The molecule has 2 N–H and O–H groups in total. The van der Waals surface area contributed by atoms with Gasteiger partial charge >= 0.3 is 5.97 Å². The van der Waals surface area contributed by atoms with Crippen LogP contribution in [0.5, 0.6) is 5.75 Å². The van der Waals surface area contributed by atoms with Crippen LogP contribution in [0.3, 0.4) is 0 Å². The van der Waals surface area contributed by atoms with Gasteiger partial charge in [0, 0.05) is 0 Å². The fraction of sp³-hybridized carbons (Fsp3) is 0.417. The minimum Gasteiger partial charge on any atom is -0.486 e. The van der Waals surface area contributed by atoms with Gasteiger partial charge in [0.15, 0.2) is 9.84 Å². The van der Waals surface area contributed by atoms with Gasteiger partial charge in [-0.05, 0) is 19.1 Å². The zero-order valence-corrected chi connectivity index (χ0v) is 11.1. The summed E-state index contributed by atoms with van der Waals surface area (Å²) in [6.07, 6.45) is -2.06. The quantitative estimate of drug-likeness (QED) is 0.825. The zero-order chi connectivity index (χ0) is 14.2. The van der Waals surface area contributed by atoms with E-state index in [9.17, 15) is 18.3 Å². The fourth-order valence-electron chi connectivity index (χ4n) is 1.99. The summed E-state index contributed by atoms with van der Waals surface area (Å²) in [5.74, 6) is -1.75. The molecule has 2 rings (SSSR count). The molecule has 0 saturated carbocycles. The summed E-state index contributed by atoms with van der Waals surface area (Å²) in [6.45, 7) is 1.74. The Hall–Kier alpha value is -1.60. The minimum absolute atomic E-state index is 0.0449. The van der Waals surface area contributed by atoms with Crippen LogP contribution in [0.1, 0.15) is 15.9 Å². The van der Waals surface area contributed by atoms with Gasteiger partial charge in [-0.1, -0.05) is 11.6 Å². The number of hydrogen-bond acceptors (Lipinski definition) is 5. The highest BCUT2D eigenvalue weighted by Crippen LogP contribution is 2.25. The fourth-order valence-corrected chi connectivity index (χ4v) is 3.65. The van der Waals surface area contributed by atoms with E-state index in [4.69, 9.17) is 9.84 Å². The number of benzene rings is 1. The van der Waals surface area contributed by atoms with E-state index >= 15 is 0 Å². The summed E-state index contributed by atoms with van der Waals surface area (Å²) in [4.78, 5) is 11.1. The molecular formula is C12H14O6S. The van der Waals surface area contributed by atoms with Crippen LogP contribution < -0.4 is 4.74 Å². The predicted octanol–water partition coefficient (Wildman–Crippen LogP) is 0.230. The number of ether oxygens (including phenoxy) is 1. The number of carbonyl (C=O) groups is 1. The lowest BCUT2D eigenvalue weighted by Gasteiger charge is -2.17. The Morgan fingerprint density at radius 2 is 2.05 bits per heavy atom. The van der Waals surface area contributed by atoms with Crippen LogP contribution >= 0.6 is 0 Å². The Labute approximate surface area is 110 Å². The molecule has 0 aromatic heterocycles. The van der Waals surface area contributed by atoms with Crippen molar-refractivity contribution in [1.29, 1.82) is 0 Å². The van der Waals surface area contributed by atoms with E-state index in [0.29, 0.717) is 0 Å². The van der Waals surface area contributed by atoms with Crippen LogP contribution in [0.2, 0.25) is 0 Å². The summed E-state index contributed by atoms with van der Waals surface area (Å²) in [7, 11) is -3.33. The van der Waals surface area contributed by atoms with Crippen molar-refractivity contribution in [3.8, 4) is 5.75 Å². The van der Waals surface area contributed by atoms with Crippen molar-refractivity contribution in [2.45, 2.75) is 19.1 Å². The van der Waals surface area contributed by atoms with Gasteiger partial charge in [0.25, 0.3) is 0 Å². The van der Waals surface area contributed by atoms with E-state index in [1.165, 1.54) is 12.1 Å². The largest absolute Gasteiger partial charge is 0.486 e. The lowest BCUT2D eigenvalue weighted by atomic mass is 10.1. The molecule has 2 atom stereocenters. The molecule has 0 bridgehead atoms. The van der Waals surface area contributed by atoms with Crippen LogP contribution in [0, 0.1) is 6.92 Å². The van der Waals surface area contributed by atoms with Gasteiger partial charge in [-0.25, -0.2) is 13.2 Å². The van der Waals surface area contributed by atoms with Crippen molar-refractivity contribution in [3.63, 3.8) is 0 Å². The molecule has 0 aliphatic carbocycles. The van der Waals surface area contributed by atoms with Crippen LogP contribution in [0.15, 0.2) is 18.2 Å². The highest BCUT2D eigenvalue weighted by molar-refractivity contribution is 7.91. The van der Waals surface area contributed by atoms with Crippen LogP contribution in [0.4, 0.5) is 0 Å². The summed E-state index contributed by atoms with van der Waals surface area (Å²) in [5.41, 5.74) is 0.709. The molecule has 1 heterocycles. The summed E-state index contributed by atoms with van der Waals surface area (Å²) in [6, 6.07) is 4.57. The summed E-state index contributed by atoms with van der Waals surface area (Å²) >= 11 is 0. The van der Waals surface area contributed by atoms with E-state index in [0.717, 1.165) is 5.56 Å². The molecule has 1 aliphatic rings. The van der Waals surface area contributed by atoms with Gasteiger partial charge in [-0.3, -0.25) is 0 Å². The number of aryl methyl sites for hydroxylation is 1. The topological polar surface area (TPSA) is 101 Å². The van der Waals surface area contributed by atoms with Gasteiger partial charge in [-0.2, -0.15) is 0 Å². The third kappa shape index (κ3) is 3.05. The second kappa shape index (κ2) is 4.82. The van der Waals surface area contributed by atoms with E-state index in [-0.39, 0.29) is 22.8 Å². The van der Waals surface area contributed by atoms with Gasteiger partial charge in [0.2, 0.25) is 0 Å². The average Bonchev–Trinajstić information content (AvgIpc) is 2.54. The predicted molar refractivity (Wildman–Crippen MR) is 67.2 cm³/mol. The van der Waals surface area contributed by atoms with Crippen molar-refractivity contribution in [2.24, 2.45) is 0 Å². The smallest absolute Gasteiger partial charge is 0.339 e. The molecule has 2 unspecified atom stereocenters. The van der Waals surface area contributed by atoms with Crippen molar-refractivity contribution in [3.05, 3.63) is 29.3 Å². The molecule has 1 aliphatic heterocycles. The van der Waals surface area contributed by atoms with Crippen LogP contribution in [0.25, 0.3) is 0 Å². The standard InChI is InChI=1S/C12H14O6S/c1-7-2-3-10(8(4-7)12(14)15)18-11-6-19(16,17)5-9(11)13/h2-4,9,11,13H,5-6H2,1H3,(H,14,15). The van der Waals surface area contributed by atoms with E-state index in [1.54, 1.807) is 13.0 Å². The van der Waals surface area contributed by atoms with Gasteiger partial charge in [0.1, 0.15) is 23.5 Å². The molecule has 1 aromatic carbocycles. The summed E-state index contributed by atoms with van der Waals surface area (Å²) in [5, 5.41) is 18.7. The molecule has 104 valence electrons. The Morgan fingerprint density at radius 3 is 2.58 bits per heavy atom. The number of aliphatic hydroxyl groups is 1. The van der Waals surface area contributed by atoms with Crippen LogP contribution in [-0.4, -0.2) is 48.3 Å². The number of sulfone groups is 1. The first-order chi connectivity index (χ1) is 8.78. The molecule has 6 nitrogen and oxygen atoms in total. The minimum atomic E-state index is -3.33. The molecule has 0 radical (unpaired) electrons. The van der Waals surface area contributed by atoms with Crippen molar-refractivity contribution in [1.82, 2.24) is 0 Å². The SMILES string of the molecule is Cc1ccc(OC2CS(=O)(=O)CC2O)c(C(=O)O)c1. The first-order valence-electron chi connectivity index (χ1n) is 5.67. The second-order valence-corrected chi connectivity index (χ2v) is 6.76. The number of carboxylic acid groups (broad SMARTS) is 1. The highest BCUT2D eigenvalue weighted by atomic mass is 32.2. The Bertz CT molecular complexity index is 607. The Balaban J connectivity index is 2.27.